The molecule has 1 fully saturated rings. The first-order chi connectivity index (χ1) is 14.9. The van der Waals surface area contributed by atoms with Crippen LogP contribution < -0.4 is 10.1 Å². The number of amides is 2. The minimum Gasteiger partial charge on any atom is -0.440 e. The van der Waals surface area contributed by atoms with E-state index in [1.165, 1.54) is 12.4 Å². The van der Waals surface area contributed by atoms with Crippen LogP contribution in [0.1, 0.15) is 29.9 Å². The molecule has 1 unspecified atom stereocenters. The van der Waals surface area contributed by atoms with E-state index in [9.17, 15) is 14.4 Å². The van der Waals surface area contributed by atoms with E-state index in [0.29, 0.717) is 33.4 Å². The van der Waals surface area contributed by atoms with Crippen LogP contribution in [0.2, 0.25) is 0 Å². The Morgan fingerprint density at radius 3 is 2.65 bits per heavy atom. The lowest BCUT2D eigenvalue weighted by Crippen LogP contribution is -2.17. The second-order valence-electron chi connectivity index (χ2n) is 6.62. The van der Waals surface area contributed by atoms with Gasteiger partial charge < -0.3 is 9.15 Å². The van der Waals surface area contributed by atoms with Crippen LogP contribution in [0.25, 0.3) is 17.7 Å². The summed E-state index contributed by atoms with van der Waals surface area (Å²) in [5, 5.41) is 1.79. The molecule has 0 radical (unpaired) electrons. The molecule has 0 bridgehead atoms. The van der Waals surface area contributed by atoms with Crippen molar-refractivity contribution in [2.75, 3.05) is 0 Å². The third-order valence-corrected chi connectivity index (χ3v) is 5.23. The molecule has 4 rings (SSSR count). The van der Waals surface area contributed by atoms with Gasteiger partial charge in [-0.15, -0.1) is 0 Å². The van der Waals surface area contributed by atoms with E-state index in [0.717, 1.165) is 11.8 Å². The van der Waals surface area contributed by atoms with E-state index in [1.54, 1.807) is 50.4 Å². The number of thioether (sulfide) groups is 1. The van der Waals surface area contributed by atoms with Crippen LogP contribution in [0.15, 0.2) is 52.2 Å². The fourth-order valence-corrected chi connectivity index (χ4v) is 3.53. The summed E-state index contributed by atoms with van der Waals surface area (Å²) in [5.74, 6) is -0.471. The van der Waals surface area contributed by atoms with Crippen molar-refractivity contribution in [2.24, 2.45) is 0 Å². The Balaban J connectivity index is 1.45. The normalized spacial score (nSPS) is 15.7. The Morgan fingerprint density at radius 2 is 2.00 bits per heavy atom. The lowest BCUT2D eigenvalue weighted by Gasteiger charge is -2.09. The summed E-state index contributed by atoms with van der Waals surface area (Å²) < 4.78 is 11.1. The average Bonchev–Trinajstić information content (AvgIpc) is 3.30. The molecule has 3 aromatic rings. The van der Waals surface area contributed by atoms with Crippen molar-refractivity contribution in [1.29, 1.82) is 0 Å². The minimum atomic E-state index is -0.666. The highest BCUT2D eigenvalue weighted by Crippen LogP contribution is 2.28. The van der Waals surface area contributed by atoms with Gasteiger partial charge in [0.2, 0.25) is 5.89 Å². The number of imide groups is 1. The zero-order chi connectivity index (χ0) is 22.0. The molecule has 1 saturated heterocycles. The summed E-state index contributed by atoms with van der Waals surface area (Å²) in [5.41, 5.74) is 1.63. The molecule has 10 heteroatoms. The Labute approximate surface area is 180 Å². The van der Waals surface area contributed by atoms with E-state index >= 15 is 0 Å². The largest absolute Gasteiger partial charge is 0.440 e. The maximum absolute atomic E-state index is 12.6. The van der Waals surface area contributed by atoms with Crippen molar-refractivity contribution < 1.29 is 23.5 Å². The summed E-state index contributed by atoms with van der Waals surface area (Å²) >= 11 is 0.839. The monoisotopic (exact) mass is 436 g/mol. The van der Waals surface area contributed by atoms with Crippen molar-refractivity contribution in [3.8, 4) is 17.3 Å². The first-order valence-electron chi connectivity index (χ1n) is 9.21. The number of aryl methyl sites for hydroxylation is 1. The molecule has 1 aliphatic heterocycles. The molecule has 3 heterocycles. The molecule has 2 aromatic heterocycles. The van der Waals surface area contributed by atoms with Crippen LogP contribution in [-0.2, 0) is 9.59 Å². The predicted octanol–water partition coefficient (Wildman–Crippen LogP) is 3.47. The van der Waals surface area contributed by atoms with Crippen molar-refractivity contribution in [2.45, 2.75) is 19.8 Å². The number of nitrogens with zero attached hydrogens (tertiary/aromatic N) is 3. The number of aromatic nitrogens is 3. The van der Waals surface area contributed by atoms with Crippen molar-refractivity contribution in [3.63, 3.8) is 0 Å². The molecule has 1 aromatic carbocycles. The van der Waals surface area contributed by atoms with E-state index in [2.05, 4.69) is 20.3 Å². The Hall–Kier alpha value is -3.79. The highest BCUT2D eigenvalue weighted by Gasteiger charge is 2.26. The van der Waals surface area contributed by atoms with Gasteiger partial charge in [0.15, 0.2) is 0 Å². The van der Waals surface area contributed by atoms with Crippen LogP contribution in [0.3, 0.4) is 0 Å². The molecule has 156 valence electrons. The van der Waals surface area contributed by atoms with Crippen LogP contribution in [0.4, 0.5) is 4.79 Å². The Bertz CT molecular complexity index is 1190. The first-order valence-corrected chi connectivity index (χ1v) is 10.0. The molecule has 31 heavy (non-hydrogen) atoms. The van der Waals surface area contributed by atoms with Crippen molar-refractivity contribution >= 4 is 35.0 Å². The van der Waals surface area contributed by atoms with Gasteiger partial charge in [0.05, 0.1) is 16.8 Å². The molecule has 9 nitrogen and oxygen atoms in total. The molecule has 2 amide bonds. The smallest absolute Gasteiger partial charge is 0.320 e. The third-order valence-electron chi connectivity index (χ3n) is 4.42. The summed E-state index contributed by atoms with van der Waals surface area (Å²) in [6.07, 6.45) is 6.19. The summed E-state index contributed by atoms with van der Waals surface area (Å²) in [4.78, 5) is 48.3. The summed E-state index contributed by atoms with van der Waals surface area (Å²) in [6.45, 7) is 3.40. The third kappa shape index (κ3) is 4.53. The van der Waals surface area contributed by atoms with Gasteiger partial charge >= 0.3 is 5.97 Å². The lowest BCUT2D eigenvalue weighted by atomic mass is 10.1. The highest BCUT2D eigenvalue weighted by atomic mass is 32.2. The van der Waals surface area contributed by atoms with Gasteiger partial charge in [0, 0.05) is 12.4 Å². The molecule has 0 saturated carbocycles. The number of rotatable bonds is 5. The number of carbonyl (C=O) groups excluding carboxylic acids is 3. The zero-order valence-electron chi connectivity index (χ0n) is 16.5. The molecule has 1 N–H and O–H groups in total. The summed E-state index contributed by atoms with van der Waals surface area (Å²) in [7, 11) is 0. The Morgan fingerprint density at radius 1 is 1.23 bits per heavy atom. The fourth-order valence-electron chi connectivity index (χ4n) is 2.85. The van der Waals surface area contributed by atoms with Gasteiger partial charge in [0.25, 0.3) is 11.1 Å². The average molecular weight is 436 g/mol. The van der Waals surface area contributed by atoms with Gasteiger partial charge in [0.1, 0.15) is 23.1 Å². The maximum Gasteiger partial charge on any atom is 0.320 e. The zero-order valence-corrected chi connectivity index (χ0v) is 17.3. The standard InChI is InChI=1S/C21H16N4O5S/c1-11(17-12(2)29-19(24-17)15-10-22-7-8-23-15)20(27)30-14-5-3-13(4-6-14)9-16-18(26)25-21(28)31-16/h3-11H,1-2H3,(H,25,26,28)/b16-9-. The molecule has 0 spiro atoms. The molecular weight excluding hydrogens is 420 g/mol. The second-order valence-corrected chi connectivity index (χ2v) is 7.63. The van der Waals surface area contributed by atoms with Crippen LogP contribution in [0, 0.1) is 6.92 Å². The molecule has 1 aliphatic rings. The van der Waals surface area contributed by atoms with Crippen LogP contribution >= 0.6 is 11.8 Å². The number of hydrogen-bond donors (Lipinski definition) is 1. The Kier molecular flexibility index (Phi) is 5.63. The van der Waals surface area contributed by atoms with Gasteiger partial charge in [-0.2, -0.15) is 0 Å². The molecular formula is C21H16N4O5S. The number of esters is 1. The summed E-state index contributed by atoms with van der Waals surface area (Å²) in [6, 6.07) is 6.59. The van der Waals surface area contributed by atoms with Crippen LogP contribution in [-0.4, -0.2) is 32.1 Å². The molecule has 0 aliphatic carbocycles. The lowest BCUT2D eigenvalue weighted by molar-refractivity contribution is -0.135. The molecule has 1 atom stereocenters. The van der Waals surface area contributed by atoms with E-state index < -0.39 is 23.0 Å². The highest BCUT2D eigenvalue weighted by molar-refractivity contribution is 8.18. The predicted molar refractivity (Wildman–Crippen MR) is 112 cm³/mol. The number of oxazole rings is 1. The van der Waals surface area contributed by atoms with Gasteiger partial charge in [-0.05, 0) is 49.4 Å². The van der Waals surface area contributed by atoms with E-state index in [4.69, 9.17) is 9.15 Å². The SMILES string of the molecule is Cc1oc(-c2cnccn2)nc1C(C)C(=O)Oc1ccc(/C=C2\SC(=O)NC2=O)cc1. The quantitative estimate of drug-likeness (QED) is 0.363. The van der Waals surface area contributed by atoms with Gasteiger partial charge in [-0.25, -0.2) is 9.97 Å². The number of benzene rings is 1. The number of hydrogen-bond acceptors (Lipinski definition) is 9. The second kappa shape index (κ2) is 8.52. The maximum atomic E-state index is 12.6. The van der Waals surface area contributed by atoms with E-state index in [1.807, 2.05) is 0 Å². The van der Waals surface area contributed by atoms with Crippen LogP contribution in [0.5, 0.6) is 5.75 Å². The van der Waals surface area contributed by atoms with Crippen molar-refractivity contribution in [1.82, 2.24) is 20.3 Å². The minimum absolute atomic E-state index is 0.282. The fraction of sp³-hybridized carbons (Fsp3) is 0.143. The number of ether oxygens (including phenoxy) is 1. The topological polar surface area (TPSA) is 124 Å². The first kappa shape index (κ1) is 20.5. The number of carbonyl (C=O) groups is 3. The van der Waals surface area contributed by atoms with Gasteiger partial charge in [-0.1, -0.05) is 12.1 Å². The number of nitrogens with one attached hydrogen (secondary N) is 1. The van der Waals surface area contributed by atoms with E-state index in [-0.39, 0.29) is 5.89 Å². The van der Waals surface area contributed by atoms with Gasteiger partial charge in [-0.3, -0.25) is 24.7 Å². The van der Waals surface area contributed by atoms with Crippen molar-refractivity contribution in [3.05, 3.63) is 64.8 Å².